The summed E-state index contributed by atoms with van der Waals surface area (Å²) in [5, 5.41) is 3.42. The highest BCUT2D eigenvalue weighted by atomic mass is 16.5. The van der Waals surface area contributed by atoms with Crippen molar-refractivity contribution in [3.63, 3.8) is 0 Å². The van der Waals surface area contributed by atoms with Crippen molar-refractivity contribution in [2.45, 2.75) is 39.2 Å². The number of aryl methyl sites for hydroxylation is 2. The normalized spacial score (nSPS) is 16.9. The average Bonchev–Trinajstić information content (AvgIpc) is 2.41. The summed E-state index contributed by atoms with van der Waals surface area (Å²) in [5.74, 6) is 0. The maximum atomic E-state index is 5.45. The van der Waals surface area contributed by atoms with E-state index in [4.69, 9.17) is 4.74 Å². The largest absolute Gasteiger partial charge is 0.501 e. The molecule has 1 unspecified atom stereocenters. The van der Waals surface area contributed by atoms with Crippen LogP contribution in [0.1, 0.15) is 29.5 Å². The Kier molecular flexibility index (Phi) is 4.43. The number of ether oxygens (including phenoxy) is 1. The van der Waals surface area contributed by atoms with Crippen LogP contribution in [0.3, 0.4) is 0 Å². The highest BCUT2D eigenvalue weighted by molar-refractivity contribution is 5.32. The minimum Gasteiger partial charge on any atom is -0.501 e. The Hall–Kier alpha value is -1.28. The lowest BCUT2D eigenvalue weighted by molar-refractivity contribution is 0.219. The van der Waals surface area contributed by atoms with Crippen molar-refractivity contribution in [1.29, 1.82) is 0 Å². The minimum atomic E-state index is 0.394. The maximum Gasteiger partial charge on any atom is 0.0876 e. The van der Waals surface area contributed by atoms with E-state index < -0.39 is 0 Å². The molecule has 2 rings (SSSR count). The molecule has 0 aromatic heterocycles. The standard InChI is InChI=1S/C16H23NO/c1-12-6-7-13(2)15(9-12)10-16(17-3)14-5-4-8-18-11-14/h6-7,9,11,16-17H,4-5,8,10H2,1-3H3. The highest BCUT2D eigenvalue weighted by Gasteiger charge is 2.16. The molecule has 0 aliphatic carbocycles. The minimum absolute atomic E-state index is 0.394. The summed E-state index contributed by atoms with van der Waals surface area (Å²) in [5.41, 5.74) is 5.53. The second-order valence-corrected chi connectivity index (χ2v) is 5.14. The Balaban J connectivity index is 2.14. The molecule has 1 aromatic carbocycles. The molecular formula is C16H23NO. The number of rotatable bonds is 4. The monoisotopic (exact) mass is 245 g/mol. The van der Waals surface area contributed by atoms with E-state index in [9.17, 15) is 0 Å². The van der Waals surface area contributed by atoms with Gasteiger partial charge >= 0.3 is 0 Å². The summed E-state index contributed by atoms with van der Waals surface area (Å²) in [4.78, 5) is 0. The van der Waals surface area contributed by atoms with Crippen molar-refractivity contribution in [3.05, 3.63) is 46.7 Å². The first-order valence-corrected chi connectivity index (χ1v) is 6.74. The lowest BCUT2D eigenvalue weighted by Gasteiger charge is -2.23. The maximum absolute atomic E-state index is 5.45. The Morgan fingerprint density at radius 2 is 2.17 bits per heavy atom. The number of hydrogen-bond acceptors (Lipinski definition) is 2. The number of likely N-dealkylation sites (N-methyl/N-ethyl adjacent to an activating group) is 1. The zero-order valence-electron chi connectivity index (χ0n) is 11.6. The molecule has 0 spiro atoms. The first-order valence-electron chi connectivity index (χ1n) is 6.74. The predicted octanol–water partition coefficient (Wildman–Crippen LogP) is 3.13. The smallest absolute Gasteiger partial charge is 0.0876 e. The molecule has 1 N–H and O–H groups in total. The summed E-state index contributed by atoms with van der Waals surface area (Å²) in [6.45, 7) is 5.21. The third kappa shape index (κ3) is 3.14. The third-order valence-corrected chi connectivity index (χ3v) is 3.69. The van der Waals surface area contributed by atoms with Gasteiger partial charge in [-0.2, -0.15) is 0 Å². The summed E-state index contributed by atoms with van der Waals surface area (Å²) in [7, 11) is 2.03. The molecule has 1 heterocycles. The fourth-order valence-electron chi connectivity index (χ4n) is 2.50. The van der Waals surface area contributed by atoms with Gasteiger partial charge in [0.2, 0.25) is 0 Å². The molecule has 0 fully saturated rings. The van der Waals surface area contributed by atoms with Crippen molar-refractivity contribution < 1.29 is 4.74 Å². The van der Waals surface area contributed by atoms with Gasteiger partial charge in [0, 0.05) is 6.04 Å². The van der Waals surface area contributed by atoms with Crippen molar-refractivity contribution in [1.82, 2.24) is 5.32 Å². The number of benzene rings is 1. The van der Waals surface area contributed by atoms with Crippen LogP contribution in [-0.2, 0) is 11.2 Å². The van der Waals surface area contributed by atoms with Crippen LogP contribution in [0.4, 0.5) is 0 Å². The van der Waals surface area contributed by atoms with Crippen LogP contribution in [0.25, 0.3) is 0 Å². The van der Waals surface area contributed by atoms with Crippen LogP contribution in [0.15, 0.2) is 30.0 Å². The Morgan fingerprint density at radius 1 is 1.33 bits per heavy atom. The molecule has 0 saturated heterocycles. The SMILES string of the molecule is CNC(Cc1cc(C)ccc1C)C1=COCCC1. The molecule has 1 aromatic rings. The van der Waals surface area contributed by atoms with Crippen LogP contribution < -0.4 is 5.32 Å². The number of hydrogen-bond donors (Lipinski definition) is 1. The van der Waals surface area contributed by atoms with Crippen molar-refractivity contribution in [2.24, 2.45) is 0 Å². The van der Waals surface area contributed by atoms with Gasteiger partial charge in [-0.3, -0.25) is 0 Å². The topological polar surface area (TPSA) is 21.3 Å². The van der Waals surface area contributed by atoms with E-state index in [0.29, 0.717) is 6.04 Å². The van der Waals surface area contributed by atoms with Crippen molar-refractivity contribution in [3.8, 4) is 0 Å². The predicted molar refractivity (Wildman–Crippen MR) is 75.7 cm³/mol. The van der Waals surface area contributed by atoms with Gasteiger partial charge in [-0.05, 0) is 56.9 Å². The molecule has 98 valence electrons. The van der Waals surface area contributed by atoms with E-state index in [-0.39, 0.29) is 0 Å². The van der Waals surface area contributed by atoms with Crippen LogP contribution in [-0.4, -0.2) is 19.7 Å². The van der Waals surface area contributed by atoms with E-state index in [1.807, 2.05) is 13.3 Å². The van der Waals surface area contributed by atoms with Gasteiger partial charge in [0.1, 0.15) is 0 Å². The van der Waals surface area contributed by atoms with Gasteiger partial charge in [-0.25, -0.2) is 0 Å². The Morgan fingerprint density at radius 3 is 2.83 bits per heavy atom. The number of nitrogens with one attached hydrogen (secondary N) is 1. The fourth-order valence-corrected chi connectivity index (χ4v) is 2.50. The summed E-state index contributed by atoms with van der Waals surface area (Å²) >= 11 is 0. The third-order valence-electron chi connectivity index (χ3n) is 3.69. The lowest BCUT2D eigenvalue weighted by atomic mass is 9.93. The molecule has 1 atom stereocenters. The first kappa shape index (κ1) is 13.2. The van der Waals surface area contributed by atoms with E-state index in [2.05, 4.69) is 37.4 Å². The molecule has 1 aliphatic rings. The molecular weight excluding hydrogens is 222 g/mol. The molecule has 2 heteroatoms. The first-order chi connectivity index (χ1) is 8.70. The molecule has 2 nitrogen and oxygen atoms in total. The fraction of sp³-hybridized carbons (Fsp3) is 0.500. The molecule has 1 aliphatic heterocycles. The zero-order valence-corrected chi connectivity index (χ0v) is 11.6. The van der Waals surface area contributed by atoms with Crippen LogP contribution in [0.2, 0.25) is 0 Å². The lowest BCUT2D eigenvalue weighted by Crippen LogP contribution is -2.31. The van der Waals surface area contributed by atoms with Crippen LogP contribution in [0, 0.1) is 13.8 Å². The molecule has 0 amide bonds. The van der Waals surface area contributed by atoms with E-state index in [1.165, 1.54) is 22.3 Å². The van der Waals surface area contributed by atoms with Crippen LogP contribution >= 0.6 is 0 Å². The molecule has 0 bridgehead atoms. The Labute approximate surface area is 110 Å². The quantitative estimate of drug-likeness (QED) is 0.880. The van der Waals surface area contributed by atoms with Crippen molar-refractivity contribution >= 4 is 0 Å². The van der Waals surface area contributed by atoms with Crippen LogP contribution in [0.5, 0.6) is 0 Å². The summed E-state index contributed by atoms with van der Waals surface area (Å²) in [6.07, 6.45) is 5.28. The second-order valence-electron chi connectivity index (χ2n) is 5.14. The van der Waals surface area contributed by atoms with Gasteiger partial charge in [-0.1, -0.05) is 23.8 Å². The molecule has 0 saturated carbocycles. The Bertz CT molecular complexity index is 437. The van der Waals surface area contributed by atoms with E-state index >= 15 is 0 Å². The zero-order chi connectivity index (χ0) is 13.0. The second kappa shape index (κ2) is 6.05. The van der Waals surface area contributed by atoms with Gasteiger partial charge in [0.25, 0.3) is 0 Å². The van der Waals surface area contributed by atoms with Gasteiger partial charge in [0.05, 0.1) is 12.9 Å². The van der Waals surface area contributed by atoms with Gasteiger partial charge < -0.3 is 10.1 Å². The molecule has 0 radical (unpaired) electrons. The summed E-state index contributed by atoms with van der Waals surface area (Å²) in [6, 6.07) is 7.08. The summed E-state index contributed by atoms with van der Waals surface area (Å²) < 4.78 is 5.45. The highest BCUT2D eigenvalue weighted by Crippen LogP contribution is 2.20. The van der Waals surface area contributed by atoms with Crippen molar-refractivity contribution in [2.75, 3.05) is 13.7 Å². The van der Waals surface area contributed by atoms with E-state index in [0.717, 1.165) is 25.9 Å². The average molecular weight is 245 g/mol. The molecule has 18 heavy (non-hydrogen) atoms. The van der Waals surface area contributed by atoms with E-state index in [1.54, 1.807) is 0 Å². The van der Waals surface area contributed by atoms with Gasteiger partial charge in [-0.15, -0.1) is 0 Å². The van der Waals surface area contributed by atoms with Gasteiger partial charge in [0.15, 0.2) is 0 Å².